The van der Waals surface area contributed by atoms with E-state index < -0.39 is 6.04 Å². The molecule has 0 unspecified atom stereocenters. The second-order valence-corrected chi connectivity index (χ2v) is 8.58. The molecule has 0 radical (unpaired) electrons. The number of aromatic nitrogens is 1. The summed E-state index contributed by atoms with van der Waals surface area (Å²) in [7, 11) is 3.31. The Morgan fingerprint density at radius 3 is 2.76 bits per heavy atom. The van der Waals surface area contributed by atoms with Gasteiger partial charge < -0.3 is 24.4 Å². The Hall–Kier alpha value is -3.57. The minimum atomic E-state index is -0.390. The average Bonchev–Trinajstić information content (AvgIpc) is 2.84. The Balaban J connectivity index is 2.00. The third-order valence-corrected chi connectivity index (χ3v) is 5.93. The van der Waals surface area contributed by atoms with E-state index in [-0.39, 0.29) is 41.9 Å². The molecule has 0 spiro atoms. The summed E-state index contributed by atoms with van der Waals surface area (Å²) in [6.45, 7) is 5.80. The first-order chi connectivity index (χ1) is 16.2. The van der Waals surface area contributed by atoms with Gasteiger partial charge in [0.2, 0.25) is 11.8 Å². The fourth-order valence-electron chi connectivity index (χ4n) is 3.63. The Kier molecular flexibility index (Phi) is 8.13. The van der Waals surface area contributed by atoms with Crippen molar-refractivity contribution in [3.63, 3.8) is 0 Å². The molecule has 0 saturated heterocycles. The number of pyridine rings is 1. The van der Waals surface area contributed by atoms with Crippen LogP contribution in [0.4, 0.5) is 0 Å². The highest BCUT2D eigenvalue weighted by Crippen LogP contribution is 2.27. The number of amides is 2. The zero-order chi connectivity index (χ0) is 24.8. The van der Waals surface area contributed by atoms with Gasteiger partial charge in [0.25, 0.3) is 5.91 Å². The van der Waals surface area contributed by atoms with Crippen molar-refractivity contribution in [2.45, 2.75) is 32.9 Å². The highest BCUT2D eigenvalue weighted by molar-refractivity contribution is 5.97. The number of hydrogen-bond donors (Lipinski definition) is 1. The van der Waals surface area contributed by atoms with Crippen LogP contribution in [0.5, 0.6) is 11.6 Å². The fourth-order valence-corrected chi connectivity index (χ4v) is 3.63. The van der Waals surface area contributed by atoms with E-state index in [9.17, 15) is 14.7 Å². The maximum atomic E-state index is 13.4. The number of benzene rings is 1. The number of likely N-dealkylation sites (N-methyl/N-ethyl adjacent to an activating group) is 1. The summed E-state index contributed by atoms with van der Waals surface area (Å²) in [6.07, 6.45) is 1.19. The Labute approximate surface area is 200 Å². The van der Waals surface area contributed by atoms with E-state index in [0.717, 1.165) is 5.56 Å². The van der Waals surface area contributed by atoms with E-state index in [0.29, 0.717) is 24.4 Å². The summed E-state index contributed by atoms with van der Waals surface area (Å²) in [5.41, 5.74) is 1.60. The van der Waals surface area contributed by atoms with Gasteiger partial charge in [-0.05, 0) is 31.2 Å². The van der Waals surface area contributed by atoms with Crippen LogP contribution in [0.15, 0.2) is 36.5 Å². The van der Waals surface area contributed by atoms with Gasteiger partial charge in [-0.3, -0.25) is 9.59 Å². The number of rotatable bonds is 5. The van der Waals surface area contributed by atoms with E-state index in [1.807, 2.05) is 31.2 Å². The number of nitrogens with zero attached hydrogens (tertiary/aromatic N) is 3. The third-order valence-electron chi connectivity index (χ3n) is 5.93. The van der Waals surface area contributed by atoms with Crippen molar-refractivity contribution in [1.82, 2.24) is 14.8 Å². The molecule has 2 amide bonds. The Bertz CT molecular complexity index is 1110. The molecule has 8 nitrogen and oxygen atoms in total. The van der Waals surface area contributed by atoms with Gasteiger partial charge in [0.1, 0.15) is 17.4 Å². The molecular weight excluding hydrogens is 434 g/mol. The van der Waals surface area contributed by atoms with Crippen LogP contribution in [0.25, 0.3) is 0 Å². The summed E-state index contributed by atoms with van der Waals surface area (Å²) in [5, 5.41) is 9.77. The molecule has 0 bridgehead atoms. The van der Waals surface area contributed by atoms with Gasteiger partial charge in [0, 0.05) is 43.8 Å². The number of hydrogen-bond acceptors (Lipinski definition) is 6. The molecular formula is C26H31N3O5. The van der Waals surface area contributed by atoms with Crippen LogP contribution >= 0.6 is 0 Å². The van der Waals surface area contributed by atoms with E-state index >= 15 is 0 Å². The standard InChI is InChI=1S/C26H31N3O5/c1-17-14-29(18(2)16-30)26(32)23-12-21(10-9-20-7-6-8-22(11-20)33-5)13-27-25(23)34-24(17)15-28(4)19(3)31/h6-8,11-13,17-18,24,30H,14-16H2,1-5H3/t17-,18+,24-/m1/s1. The van der Waals surface area contributed by atoms with Crippen LogP contribution in [-0.4, -0.2) is 77.7 Å². The lowest BCUT2D eigenvalue weighted by Crippen LogP contribution is -2.50. The van der Waals surface area contributed by atoms with Crippen molar-refractivity contribution in [2.24, 2.45) is 5.92 Å². The largest absolute Gasteiger partial charge is 0.497 e. The first-order valence-electron chi connectivity index (χ1n) is 11.2. The summed E-state index contributed by atoms with van der Waals surface area (Å²) < 4.78 is 11.4. The SMILES string of the molecule is COc1cccc(C#Cc2cnc3c(c2)C(=O)N([C@@H](C)CO)C[C@@H](C)[C@@H](CN(C)C(C)=O)O3)c1. The van der Waals surface area contributed by atoms with Gasteiger partial charge in [-0.25, -0.2) is 4.98 Å². The van der Waals surface area contributed by atoms with Crippen LogP contribution in [0.3, 0.4) is 0 Å². The van der Waals surface area contributed by atoms with Crippen molar-refractivity contribution in [3.05, 3.63) is 53.2 Å². The Morgan fingerprint density at radius 1 is 1.35 bits per heavy atom. The molecule has 0 saturated carbocycles. The summed E-state index contributed by atoms with van der Waals surface area (Å²) in [5.74, 6) is 6.56. The number of aliphatic hydroxyl groups excluding tert-OH is 1. The van der Waals surface area contributed by atoms with Crippen molar-refractivity contribution in [2.75, 3.05) is 33.9 Å². The van der Waals surface area contributed by atoms with E-state index in [2.05, 4.69) is 16.8 Å². The van der Waals surface area contributed by atoms with Crippen LogP contribution in [-0.2, 0) is 4.79 Å². The Morgan fingerprint density at radius 2 is 2.09 bits per heavy atom. The lowest BCUT2D eigenvalue weighted by Gasteiger charge is -2.37. The minimum absolute atomic E-state index is 0.0779. The van der Waals surface area contributed by atoms with Crippen LogP contribution in [0, 0.1) is 17.8 Å². The van der Waals surface area contributed by atoms with Gasteiger partial charge in [0.15, 0.2) is 0 Å². The zero-order valence-electron chi connectivity index (χ0n) is 20.2. The second kappa shape index (κ2) is 11.0. The van der Waals surface area contributed by atoms with Crippen LogP contribution < -0.4 is 9.47 Å². The van der Waals surface area contributed by atoms with Gasteiger partial charge in [-0.1, -0.05) is 24.8 Å². The molecule has 1 N–H and O–H groups in total. The molecule has 1 aromatic heterocycles. The summed E-state index contributed by atoms with van der Waals surface area (Å²) >= 11 is 0. The molecule has 1 aliphatic heterocycles. The zero-order valence-corrected chi connectivity index (χ0v) is 20.2. The predicted molar refractivity (Wildman–Crippen MR) is 128 cm³/mol. The number of ether oxygens (including phenoxy) is 2. The van der Waals surface area contributed by atoms with Crippen LogP contribution in [0.2, 0.25) is 0 Å². The van der Waals surface area contributed by atoms with Gasteiger partial charge in [-0.2, -0.15) is 0 Å². The smallest absolute Gasteiger partial charge is 0.259 e. The lowest BCUT2D eigenvalue weighted by molar-refractivity contribution is -0.129. The van der Waals surface area contributed by atoms with E-state index in [1.54, 1.807) is 43.1 Å². The molecule has 0 aliphatic carbocycles. The van der Waals surface area contributed by atoms with Crippen molar-refractivity contribution >= 4 is 11.8 Å². The lowest BCUT2D eigenvalue weighted by atomic mass is 10.00. The average molecular weight is 466 g/mol. The molecule has 2 heterocycles. The first kappa shape index (κ1) is 25.1. The molecule has 2 aromatic rings. The molecule has 180 valence electrons. The number of carbonyl (C=O) groups excluding carboxylic acids is 2. The van der Waals surface area contributed by atoms with Gasteiger partial charge in [0.05, 0.1) is 26.3 Å². The molecule has 34 heavy (non-hydrogen) atoms. The molecule has 3 atom stereocenters. The quantitative estimate of drug-likeness (QED) is 0.681. The minimum Gasteiger partial charge on any atom is -0.497 e. The summed E-state index contributed by atoms with van der Waals surface area (Å²) in [6, 6.07) is 8.66. The van der Waals surface area contributed by atoms with Crippen molar-refractivity contribution < 1.29 is 24.2 Å². The van der Waals surface area contributed by atoms with Crippen molar-refractivity contribution in [3.8, 4) is 23.5 Å². The summed E-state index contributed by atoms with van der Waals surface area (Å²) in [4.78, 5) is 32.9. The fraction of sp³-hybridized carbons (Fsp3) is 0.423. The maximum Gasteiger partial charge on any atom is 0.259 e. The normalized spacial score (nSPS) is 18.4. The van der Waals surface area contributed by atoms with E-state index in [1.165, 1.54) is 6.92 Å². The van der Waals surface area contributed by atoms with Gasteiger partial charge >= 0.3 is 0 Å². The number of fused-ring (bicyclic) bond motifs is 1. The number of methoxy groups -OCH3 is 1. The number of carbonyl (C=O) groups is 2. The molecule has 1 aromatic carbocycles. The van der Waals surface area contributed by atoms with E-state index in [4.69, 9.17) is 9.47 Å². The molecule has 0 fully saturated rings. The molecule has 3 rings (SSSR count). The third kappa shape index (κ3) is 5.86. The second-order valence-electron chi connectivity index (χ2n) is 8.58. The highest BCUT2D eigenvalue weighted by Gasteiger charge is 2.34. The number of aliphatic hydroxyl groups is 1. The van der Waals surface area contributed by atoms with Crippen LogP contribution in [0.1, 0.15) is 42.3 Å². The predicted octanol–water partition coefficient (Wildman–Crippen LogP) is 2.19. The van der Waals surface area contributed by atoms with Gasteiger partial charge in [-0.15, -0.1) is 0 Å². The monoisotopic (exact) mass is 465 g/mol. The topological polar surface area (TPSA) is 92.2 Å². The van der Waals surface area contributed by atoms with Crippen molar-refractivity contribution in [1.29, 1.82) is 0 Å². The first-order valence-corrected chi connectivity index (χ1v) is 11.2. The molecule has 1 aliphatic rings. The molecule has 8 heteroatoms. The maximum absolute atomic E-state index is 13.4. The highest BCUT2D eigenvalue weighted by atomic mass is 16.5.